The van der Waals surface area contributed by atoms with Gasteiger partial charge in [0.2, 0.25) is 0 Å². The lowest BCUT2D eigenvalue weighted by molar-refractivity contribution is 0.0729. The third-order valence-corrected chi connectivity index (χ3v) is 11.1. The lowest BCUT2D eigenvalue weighted by Crippen LogP contribution is -2.37. The number of amides is 3. The Morgan fingerprint density at radius 2 is 1.62 bits per heavy atom. The standard InChI is InChI=1S/C41H45N5O5S/c1-5-7-21-45(22-8-6-2)41(49)37-38(44(4)27-42-37)34-19-17-31(24-36(34)40(48)46-23-20-29-13-9-10-14-32(29)26-46)39(47)43-52(50,51)33-18-16-30-15-11-12-28(3)35(30)25-33/h9-19,24-25,27H,5-8,20-23,26H2,1-4H3,(H,43,47). The molecule has 1 aliphatic rings. The van der Waals surface area contributed by atoms with Crippen molar-refractivity contribution in [3.05, 3.63) is 119 Å². The van der Waals surface area contributed by atoms with E-state index in [0.29, 0.717) is 43.9 Å². The smallest absolute Gasteiger partial charge is 0.274 e. The van der Waals surface area contributed by atoms with Crippen molar-refractivity contribution in [2.24, 2.45) is 7.05 Å². The molecule has 4 aromatic carbocycles. The number of unbranched alkanes of at least 4 members (excludes halogenated alkanes) is 2. The highest BCUT2D eigenvalue weighted by Gasteiger charge is 2.30. The number of nitrogens with one attached hydrogen (secondary N) is 1. The Hall–Kier alpha value is -5.29. The van der Waals surface area contributed by atoms with Crippen molar-refractivity contribution >= 4 is 38.5 Å². The fourth-order valence-corrected chi connectivity index (χ4v) is 7.79. The Kier molecular flexibility index (Phi) is 10.9. The van der Waals surface area contributed by atoms with E-state index < -0.39 is 15.9 Å². The molecule has 0 spiro atoms. The Morgan fingerprint density at radius 1 is 0.885 bits per heavy atom. The minimum atomic E-state index is -4.27. The molecule has 0 radical (unpaired) electrons. The van der Waals surface area contributed by atoms with E-state index >= 15 is 0 Å². The number of hydrogen-bond acceptors (Lipinski definition) is 6. The van der Waals surface area contributed by atoms with E-state index in [1.807, 2.05) is 48.2 Å². The highest BCUT2D eigenvalue weighted by atomic mass is 32.2. The van der Waals surface area contributed by atoms with E-state index in [4.69, 9.17) is 0 Å². The normalized spacial score (nSPS) is 12.8. The maximum absolute atomic E-state index is 14.5. The summed E-state index contributed by atoms with van der Waals surface area (Å²) in [5.74, 6) is -1.43. The number of imidazole rings is 1. The van der Waals surface area contributed by atoms with Gasteiger partial charge in [0.25, 0.3) is 27.7 Å². The second-order valence-electron chi connectivity index (χ2n) is 13.5. The number of aryl methyl sites for hydroxylation is 2. The summed E-state index contributed by atoms with van der Waals surface area (Å²) in [6, 6.07) is 22.9. The summed E-state index contributed by atoms with van der Waals surface area (Å²) < 4.78 is 31.0. The van der Waals surface area contributed by atoms with Gasteiger partial charge in [-0.25, -0.2) is 18.1 Å². The SMILES string of the molecule is CCCCN(CCCC)C(=O)c1ncn(C)c1-c1ccc(C(=O)NS(=O)(=O)c2ccc3cccc(C)c3c2)cc1C(=O)N1CCc2ccccc2C1. The average molecular weight is 720 g/mol. The number of rotatable bonds is 12. The summed E-state index contributed by atoms with van der Waals surface area (Å²) >= 11 is 0. The van der Waals surface area contributed by atoms with Gasteiger partial charge in [-0.1, -0.05) is 81.3 Å². The molecule has 0 atom stereocenters. The van der Waals surface area contributed by atoms with Gasteiger partial charge in [0, 0.05) is 49.9 Å². The summed E-state index contributed by atoms with van der Waals surface area (Å²) in [5.41, 5.74) is 4.40. The summed E-state index contributed by atoms with van der Waals surface area (Å²) in [5, 5.41) is 1.65. The quantitative estimate of drug-likeness (QED) is 0.150. The van der Waals surface area contributed by atoms with Crippen molar-refractivity contribution in [1.82, 2.24) is 24.1 Å². The van der Waals surface area contributed by atoms with Gasteiger partial charge in [-0.05, 0) is 77.9 Å². The average Bonchev–Trinajstić information content (AvgIpc) is 3.54. The highest BCUT2D eigenvalue weighted by molar-refractivity contribution is 7.90. The first kappa shape index (κ1) is 36.5. The van der Waals surface area contributed by atoms with Crippen molar-refractivity contribution in [2.45, 2.75) is 64.3 Å². The third-order valence-electron chi connectivity index (χ3n) is 9.78. The molecule has 6 rings (SSSR count). The fraction of sp³-hybridized carbons (Fsp3) is 0.317. The van der Waals surface area contributed by atoms with Gasteiger partial charge in [0.15, 0.2) is 5.69 Å². The zero-order valence-corrected chi connectivity index (χ0v) is 31.0. The maximum atomic E-state index is 14.5. The molecular weight excluding hydrogens is 675 g/mol. The molecular formula is C41H45N5O5S. The van der Waals surface area contributed by atoms with Crippen molar-refractivity contribution < 1.29 is 22.8 Å². The van der Waals surface area contributed by atoms with Crippen LogP contribution in [0.4, 0.5) is 0 Å². The molecule has 0 fully saturated rings. The van der Waals surface area contributed by atoms with E-state index in [0.717, 1.165) is 47.6 Å². The topological polar surface area (TPSA) is 122 Å². The second kappa shape index (κ2) is 15.5. The maximum Gasteiger partial charge on any atom is 0.274 e. The van der Waals surface area contributed by atoms with Crippen LogP contribution in [0, 0.1) is 6.92 Å². The lowest BCUT2D eigenvalue weighted by atomic mass is 9.95. The minimum absolute atomic E-state index is 0.00684. The summed E-state index contributed by atoms with van der Waals surface area (Å²) in [4.78, 5) is 50.3. The number of sulfonamides is 1. The molecule has 2 heterocycles. The molecule has 11 heteroatoms. The van der Waals surface area contributed by atoms with E-state index in [9.17, 15) is 22.8 Å². The number of benzene rings is 4. The van der Waals surface area contributed by atoms with Crippen LogP contribution in [0.2, 0.25) is 0 Å². The zero-order valence-electron chi connectivity index (χ0n) is 30.2. The van der Waals surface area contributed by atoms with Crippen LogP contribution < -0.4 is 4.72 Å². The molecule has 3 amide bonds. The molecule has 0 saturated carbocycles. The van der Waals surface area contributed by atoms with Crippen LogP contribution in [0.1, 0.15) is 87.4 Å². The summed E-state index contributed by atoms with van der Waals surface area (Å²) in [6.45, 7) is 8.07. The van der Waals surface area contributed by atoms with Crippen LogP contribution >= 0.6 is 0 Å². The molecule has 5 aromatic rings. The predicted octanol–water partition coefficient (Wildman–Crippen LogP) is 6.91. The Labute approximate surface area is 305 Å². The highest BCUT2D eigenvalue weighted by Crippen LogP contribution is 2.31. The molecule has 0 unspecified atom stereocenters. The van der Waals surface area contributed by atoms with E-state index in [2.05, 4.69) is 29.6 Å². The zero-order chi connectivity index (χ0) is 37.0. The number of fused-ring (bicyclic) bond motifs is 2. The minimum Gasteiger partial charge on any atom is -0.337 e. The summed E-state index contributed by atoms with van der Waals surface area (Å²) in [7, 11) is -2.50. The third kappa shape index (κ3) is 7.50. The first-order valence-corrected chi connectivity index (χ1v) is 19.4. The Bertz CT molecular complexity index is 2250. The van der Waals surface area contributed by atoms with Crippen LogP contribution in [-0.2, 0) is 30.0 Å². The molecule has 0 aliphatic carbocycles. The lowest BCUT2D eigenvalue weighted by Gasteiger charge is -2.30. The van der Waals surface area contributed by atoms with Crippen molar-refractivity contribution in [2.75, 3.05) is 19.6 Å². The molecule has 10 nitrogen and oxygen atoms in total. The van der Waals surface area contributed by atoms with Gasteiger partial charge < -0.3 is 14.4 Å². The second-order valence-corrected chi connectivity index (χ2v) is 15.1. The number of nitrogens with zero attached hydrogens (tertiary/aromatic N) is 4. The number of carbonyl (C=O) groups is 3. The van der Waals surface area contributed by atoms with Gasteiger partial charge in [-0.3, -0.25) is 14.4 Å². The van der Waals surface area contributed by atoms with Gasteiger partial charge in [0.05, 0.1) is 16.9 Å². The van der Waals surface area contributed by atoms with Crippen molar-refractivity contribution in [3.8, 4) is 11.3 Å². The van der Waals surface area contributed by atoms with E-state index in [-0.39, 0.29) is 33.5 Å². The molecule has 270 valence electrons. The Morgan fingerprint density at radius 3 is 2.35 bits per heavy atom. The first-order chi connectivity index (χ1) is 25.0. The fourth-order valence-electron chi connectivity index (χ4n) is 6.79. The van der Waals surface area contributed by atoms with E-state index in [1.54, 1.807) is 41.0 Å². The number of hydrogen-bond donors (Lipinski definition) is 1. The van der Waals surface area contributed by atoms with Crippen LogP contribution in [0.3, 0.4) is 0 Å². The molecule has 0 bridgehead atoms. The Balaban J connectivity index is 1.39. The van der Waals surface area contributed by atoms with Crippen molar-refractivity contribution in [1.29, 1.82) is 0 Å². The van der Waals surface area contributed by atoms with Gasteiger partial charge in [0.1, 0.15) is 0 Å². The first-order valence-electron chi connectivity index (χ1n) is 17.9. The van der Waals surface area contributed by atoms with Gasteiger partial charge >= 0.3 is 0 Å². The van der Waals surface area contributed by atoms with Crippen molar-refractivity contribution in [3.63, 3.8) is 0 Å². The predicted molar refractivity (Wildman–Crippen MR) is 203 cm³/mol. The summed E-state index contributed by atoms with van der Waals surface area (Å²) in [6.07, 6.45) is 5.79. The molecule has 0 saturated heterocycles. The van der Waals surface area contributed by atoms with Crippen LogP contribution in [0.5, 0.6) is 0 Å². The van der Waals surface area contributed by atoms with Crippen LogP contribution in [0.25, 0.3) is 22.0 Å². The van der Waals surface area contributed by atoms with Crippen LogP contribution in [-0.4, -0.2) is 65.1 Å². The molecule has 52 heavy (non-hydrogen) atoms. The van der Waals surface area contributed by atoms with Gasteiger partial charge in [-0.15, -0.1) is 0 Å². The number of carbonyl (C=O) groups excluding carboxylic acids is 3. The number of aromatic nitrogens is 2. The monoisotopic (exact) mass is 719 g/mol. The largest absolute Gasteiger partial charge is 0.337 e. The molecule has 1 aromatic heterocycles. The van der Waals surface area contributed by atoms with Gasteiger partial charge in [-0.2, -0.15) is 0 Å². The van der Waals surface area contributed by atoms with E-state index in [1.165, 1.54) is 23.8 Å². The molecule has 1 N–H and O–H groups in total. The molecule has 1 aliphatic heterocycles. The van der Waals surface area contributed by atoms with Crippen LogP contribution in [0.15, 0.2) is 90.1 Å².